The van der Waals surface area contributed by atoms with Gasteiger partial charge in [0.25, 0.3) is 0 Å². The van der Waals surface area contributed by atoms with Crippen LogP contribution in [-0.2, 0) is 4.79 Å². The van der Waals surface area contributed by atoms with E-state index in [-0.39, 0.29) is 11.3 Å². The number of pyridine rings is 1. The average Bonchev–Trinajstić information content (AvgIpc) is 2.38. The van der Waals surface area contributed by atoms with Crippen LogP contribution < -0.4 is 5.32 Å². The van der Waals surface area contributed by atoms with Crippen LogP contribution in [0.3, 0.4) is 0 Å². The normalized spacial score (nSPS) is 11.2. The zero-order valence-electron chi connectivity index (χ0n) is 11.9. The summed E-state index contributed by atoms with van der Waals surface area (Å²) < 4.78 is 0. The summed E-state index contributed by atoms with van der Waals surface area (Å²) in [6.45, 7) is 6.07. The van der Waals surface area contributed by atoms with E-state index in [1.807, 2.05) is 32.9 Å². The summed E-state index contributed by atoms with van der Waals surface area (Å²) >= 11 is 0. The molecular weight excluding hydrogens is 252 g/mol. The van der Waals surface area contributed by atoms with Gasteiger partial charge in [0.15, 0.2) is 5.82 Å². The molecule has 20 heavy (non-hydrogen) atoms. The third kappa shape index (κ3) is 4.12. The van der Waals surface area contributed by atoms with Gasteiger partial charge >= 0.3 is 0 Å². The van der Waals surface area contributed by atoms with Gasteiger partial charge in [-0.1, -0.05) is 20.8 Å². The van der Waals surface area contributed by atoms with Gasteiger partial charge in [-0.15, -0.1) is 0 Å². The lowest BCUT2D eigenvalue weighted by molar-refractivity contribution is -0.117. The first-order valence-electron chi connectivity index (χ1n) is 6.47. The molecule has 2 aromatic heterocycles. The Labute approximate surface area is 118 Å². The summed E-state index contributed by atoms with van der Waals surface area (Å²) in [7, 11) is 0. The van der Waals surface area contributed by atoms with Crippen molar-refractivity contribution in [1.82, 2.24) is 15.0 Å². The van der Waals surface area contributed by atoms with E-state index in [0.29, 0.717) is 18.1 Å². The predicted molar refractivity (Wildman–Crippen MR) is 78.0 cm³/mol. The summed E-state index contributed by atoms with van der Waals surface area (Å²) in [5.41, 5.74) is 0.817. The van der Waals surface area contributed by atoms with Crippen molar-refractivity contribution in [2.24, 2.45) is 5.41 Å². The standard InChI is InChI=1S/C15H18N4O/c1-15(2,3)10-13(20)18-12-6-9-17-14(19-12)11-4-7-16-8-5-11/h4-9H,10H2,1-3H3,(H,17,18,19,20). The van der Waals surface area contributed by atoms with Gasteiger partial charge in [0.2, 0.25) is 5.91 Å². The van der Waals surface area contributed by atoms with Crippen LogP contribution in [-0.4, -0.2) is 20.9 Å². The first-order valence-corrected chi connectivity index (χ1v) is 6.47. The van der Waals surface area contributed by atoms with Crippen LogP contribution in [0.4, 0.5) is 5.82 Å². The molecule has 0 fully saturated rings. The number of amides is 1. The van der Waals surface area contributed by atoms with E-state index < -0.39 is 0 Å². The molecule has 0 atom stereocenters. The molecule has 2 aromatic rings. The zero-order valence-corrected chi connectivity index (χ0v) is 11.9. The zero-order chi connectivity index (χ0) is 14.6. The molecule has 0 radical (unpaired) electrons. The smallest absolute Gasteiger partial charge is 0.226 e. The van der Waals surface area contributed by atoms with E-state index in [2.05, 4.69) is 20.3 Å². The second kappa shape index (κ2) is 5.77. The van der Waals surface area contributed by atoms with Crippen molar-refractivity contribution in [3.63, 3.8) is 0 Å². The largest absolute Gasteiger partial charge is 0.311 e. The van der Waals surface area contributed by atoms with E-state index in [9.17, 15) is 4.79 Å². The summed E-state index contributed by atoms with van der Waals surface area (Å²) in [6.07, 6.45) is 5.45. The Morgan fingerprint density at radius 2 is 1.85 bits per heavy atom. The summed E-state index contributed by atoms with van der Waals surface area (Å²) in [4.78, 5) is 24.4. The quantitative estimate of drug-likeness (QED) is 0.931. The molecular formula is C15H18N4O. The van der Waals surface area contributed by atoms with E-state index in [0.717, 1.165) is 5.56 Å². The van der Waals surface area contributed by atoms with Gasteiger partial charge in [0.05, 0.1) is 0 Å². The van der Waals surface area contributed by atoms with Crippen LogP contribution in [0.1, 0.15) is 27.2 Å². The number of nitrogens with one attached hydrogen (secondary N) is 1. The van der Waals surface area contributed by atoms with Crippen LogP contribution in [0.2, 0.25) is 0 Å². The Kier molecular flexibility index (Phi) is 4.08. The van der Waals surface area contributed by atoms with Gasteiger partial charge in [-0.3, -0.25) is 9.78 Å². The van der Waals surface area contributed by atoms with Crippen molar-refractivity contribution >= 4 is 11.7 Å². The molecule has 0 unspecified atom stereocenters. The Morgan fingerprint density at radius 1 is 1.15 bits per heavy atom. The molecule has 0 aliphatic rings. The molecule has 1 N–H and O–H groups in total. The Balaban J connectivity index is 2.13. The third-order valence-electron chi connectivity index (χ3n) is 2.55. The van der Waals surface area contributed by atoms with Crippen molar-refractivity contribution in [2.45, 2.75) is 27.2 Å². The Morgan fingerprint density at radius 3 is 2.50 bits per heavy atom. The molecule has 5 heteroatoms. The van der Waals surface area contributed by atoms with Crippen LogP contribution in [0.5, 0.6) is 0 Å². The second-order valence-electron chi connectivity index (χ2n) is 5.79. The highest BCUT2D eigenvalue weighted by Crippen LogP contribution is 2.20. The number of nitrogens with zero attached hydrogens (tertiary/aromatic N) is 3. The topological polar surface area (TPSA) is 67.8 Å². The van der Waals surface area contributed by atoms with Crippen molar-refractivity contribution in [3.8, 4) is 11.4 Å². The molecule has 0 spiro atoms. The number of aromatic nitrogens is 3. The number of carbonyl (C=O) groups excluding carboxylic acids is 1. The fourth-order valence-corrected chi connectivity index (χ4v) is 1.74. The van der Waals surface area contributed by atoms with Crippen LogP contribution >= 0.6 is 0 Å². The van der Waals surface area contributed by atoms with Crippen LogP contribution in [0, 0.1) is 5.41 Å². The molecule has 1 amide bonds. The molecule has 0 saturated heterocycles. The van der Waals surface area contributed by atoms with Crippen LogP contribution in [0.15, 0.2) is 36.8 Å². The summed E-state index contributed by atoms with van der Waals surface area (Å²) in [5.74, 6) is 1.04. The fourth-order valence-electron chi connectivity index (χ4n) is 1.74. The lowest BCUT2D eigenvalue weighted by Gasteiger charge is -2.17. The molecule has 2 rings (SSSR count). The molecule has 0 aliphatic carbocycles. The van der Waals surface area contributed by atoms with Gasteiger partial charge in [-0.25, -0.2) is 9.97 Å². The monoisotopic (exact) mass is 270 g/mol. The van der Waals surface area contributed by atoms with E-state index >= 15 is 0 Å². The maximum absolute atomic E-state index is 11.9. The van der Waals surface area contributed by atoms with Crippen LogP contribution in [0.25, 0.3) is 11.4 Å². The molecule has 0 aliphatic heterocycles. The first-order chi connectivity index (χ1) is 9.44. The lowest BCUT2D eigenvalue weighted by atomic mass is 9.92. The predicted octanol–water partition coefficient (Wildman–Crippen LogP) is 2.91. The van der Waals surface area contributed by atoms with E-state index in [1.165, 1.54) is 0 Å². The maximum Gasteiger partial charge on any atom is 0.226 e. The maximum atomic E-state index is 11.9. The van der Waals surface area contributed by atoms with E-state index in [4.69, 9.17) is 0 Å². The lowest BCUT2D eigenvalue weighted by Crippen LogP contribution is -2.20. The van der Waals surface area contributed by atoms with Crippen molar-refractivity contribution in [2.75, 3.05) is 5.32 Å². The van der Waals surface area contributed by atoms with Gasteiger partial charge in [0, 0.05) is 30.6 Å². The van der Waals surface area contributed by atoms with Gasteiger partial charge in [-0.05, 0) is 23.6 Å². The number of hydrogen-bond donors (Lipinski definition) is 1. The number of carbonyl (C=O) groups is 1. The summed E-state index contributed by atoms with van der Waals surface area (Å²) in [5, 5.41) is 2.80. The minimum Gasteiger partial charge on any atom is -0.311 e. The molecule has 104 valence electrons. The highest BCUT2D eigenvalue weighted by Gasteiger charge is 2.16. The summed E-state index contributed by atoms with van der Waals surface area (Å²) in [6, 6.07) is 5.34. The van der Waals surface area contributed by atoms with Gasteiger partial charge in [0.1, 0.15) is 5.82 Å². The number of anilines is 1. The van der Waals surface area contributed by atoms with Crippen molar-refractivity contribution in [3.05, 3.63) is 36.8 Å². The number of hydrogen-bond acceptors (Lipinski definition) is 4. The van der Waals surface area contributed by atoms with Gasteiger partial charge < -0.3 is 5.32 Å². The minimum atomic E-state index is -0.0506. The van der Waals surface area contributed by atoms with E-state index in [1.54, 1.807) is 24.7 Å². The molecule has 0 bridgehead atoms. The second-order valence-corrected chi connectivity index (χ2v) is 5.79. The third-order valence-corrected chi connectivity index (χ3v) is 2.55. The molecule has 0 saturated carbocycles. The van der Waals surface area contributed by atoms with Gasteiger partial charge in [-0.2, -0.15) is 0 Å². The van der Waals surface area contributed by atoms with Crippen molar-refractivity contribution in [1.29, 1.82) is 0 Å². The van der Waals surface area contributed by atoms with Crippen molar-refractivity contribution < 1.29 is 4.79 Å². The first kappa shape index (κ1) is 14.1. The highest BCUT2D eigenvalue weighted by molar-refractivity contribution is 5.90. The highest BCUT2D eigenvalue weighted by atomic mass is 16.1. The molecule has 5 nitrogen and oxygen atoms in total. The SMILES string of the molecule is CC(C)(C)CC(=O)Nc1ccnc(-c2ccncc2)n1. The number of rotatable bonds is 3. The average molecular weight is 270 g/mol. The fraction of sp³-hybridized carbons (Fsp3) is 0.333. The molecule has 0 aromatic carbocycles. The Hall–Kier alpha value is -2.30. The minimum absolute atomic E-state index is 0.0446. The Bertz CT molecular complexity index is 590. The molecule has 2 heterocycles.